The Kier molecular flexibility index (Phi) is 5.41. The van der Waals surface area contributed by atoms with Crippen LogP contribution in [0.15, 0.2) is 28.6 Å². The number of nitrogens with two attached hydrogens (primary N) is 1. The highest BCUT2D eigenvalue weighted by atomic mass is 32.2. The minimum absolute atomic E-state index is 0.236. The molecule has 7 nitrogen and oxygen atoms in total. The lowest BCUT2D eigenvalue weighted by atomic mass is 10.2. The lowest BCUT2D eigenvalue weighted by molar-refractivity contribution is -0.115. The largest absolute Gasteiger partial charge is 0.497 e. The van der Waals surface area contributed by atoms with Crippen LogP contribution in [0.3, 0.4) is 0 Å². The average Bonchev–Trinajstić information content (AvgIpc) is 3.09. The van der Waals surface area contributed by atoms with Crippen molar-refractivity contribution in [1.29, 1.82) is 0 Å². The number of piperazine rings is 1. The summed E-state index contributed by atoms with van der Waals surface area (Å²) < 4.78 is 5.98. The molecule has 1 aliphatic heterocycles. The van der Waals surface area contributed by atoms with Gasteiger partial charge in [-0.15, -0.1) is 10.2 Å². The van der Waals surface area contributed by atoms with Crippen molar-refractivity contribution in [3.05, 3.63) is 24.3 Å². The normalized spacial score (nSPS) is 14.7. The molecule has 1 fully saturated rings. The Bertz CT molecular complexity index is 683. The predicted molar refractivity (Wildman–Crippen MR) is 97.2 cm³/mol. The summed E-state index contributed by atoms with van der Waals surface area (Å²) in [5.41, 5.74) is 6.35. The van der Waals surface area contributed by atoms with E-state index in [0.29, 0.717) is 0 Å². The van der Waals surface area contributed by atoms with Crippen molar-refractivity contribution < 1.29 is 9.53 Å². The number of nitrogens with zero attached hydrogens (tertiary/aromatic N) is 4. The van der Waals surface area contributed by atoms with Crippen LogP contribution in [0.25, 0.3) is 0 Å². The fraction of sp³-hybridized carbons (Fsp3) is 0.400. The predicted octanol–water partition coefficient (Wildman–Crippen LogP) is 1.45. The summed E-state index contributed by atoms with van der Waals surface area (Å²) in [6, 6.07) is 8.12. The number of benzene rings is 1. The molecule has 0 radical (unpaired) electrons. The quantitative estimate of drug-likeness (QED) is 0.776. The van der Waals surface area contributed by atoms with Gasteiger partial charge in [0, 0.05) is 31.9 Å². The Balaban J connectivity index is 1.55. The number of methoxy groups -OCH3 is 1. The summed E-state index contributed by atoms with van der Waals surface area (Å²) in [6.45, 7) is 3.63. The van der Waals surface area contributed by atoms with Gasteiger partial charge in [0.05, 0.1) is 12.9 Å². The van der Waals surface area contributed by atoms with Crippen LogP contribution in [0.4, 0.5) is 10.8 Å². The second-order valence-corrected chi connectivity index (χ2v) is 7.46. The van der Waals surface area contributed by atoms with Crippen LogP contribution in [0.5, 0.6) is 5.75 Å². The van der Waals surface area contributed by atoms with Gasteiger partial charge in [-0.1, -0.05) is 23.1 Å². The number of primary amides is 1. The van der Waals surface area contributed by atoms with E-state index in [9.17, 15) is 4.79 Å². The van der Waals surface area contributed by atoms with Crippen LogP contribution in [0.2, 0.25) is 0 Å². The van der Waals surface area contributed by atoms with Gasteiger partial charge < -0.3 is 20.3 Å². The van der Waals surface area contributed by atoms with Crippen LogP contribution in [0, 0.1) is 0 Å². The SMILES string of the molecule is COc1ccc(N2CCN(c3nnc(SCC(N)=O)s3)CC2)cc1. The first-order chi connectivity index (χ1) is 11.7. The second-order valence-electron chi connectivity index (χ2n) is 5.28. The maximum atomic E-state index is 10.8. The third-order valence-corrected chi connectivity index (χ3v) is 5.86. The van der Waals surface area contributed by atoms with E-state index in [1.165, 1.54) is 28.8 Å². The summed E-state index contributed by atoms with van der Waals surface area (Å²) in [6.07, 6.45) is 0. The second kappa shape index (κ2) is 7.71. The molecule has 128 valence electrons. The molecular formula is C15H19N5O2S2. The summed E-state index contributed by atoms with van der Waals surface area (Å²) >= 11 is 2.84. The van der Waals surface area contributed by atoms with E-state index in [1.54, 1.807) is 7.11 Å². The smallest absolute Gasteiger partial charge is 0.227 e. The van der Waals surface area contributed by atoms with Crippen LogP contribution in [-0.4, -0.2) is 55.1 Å². The third-order valence-electron chi connectivity index (χ3n) is 3.72. The molecule has 0 aliphatic carbocycles. The van der Waals surface area contributed by atoms with Crippen molar-refractivity contribution >= 4 is 39.8 Å². The molecule has 0 atom stereocenters. The average molecular weight is 365 g/mol. The van der Waals surface area contributed by atoms with Crippen molar-refractivity contribution in [2.24, 2.45) is 5.73 Å². The Morgan fingerprint density at radius 1 is 1.21 bits per heavy atom. The first-order valence-corrected chi connectivity index (χ1v) is 9.34. The zero-order chi connectivity index (χ0) is 16.9. The number of aromatic nitrogens is 2. The monoisotopic (exact) mass is 365 g/mol. The van der Waals surface area contributed by atoms with Crippen molar-refractivity contribution in [3.8, 4) is 5.75 Å². The zero-order valence-electron chi connectivity index (χ0n) is 13.3. The number of thioether (sulfide) groups is 1. The number of ether oxygens (including phenoxy) is 1. The molecule has 0 unspecified atom stereocenters. The van der Waals surface area contributed by atoms with E-state index >= 15 is 0 Å². The molecule has 9 heteroatoms. The molecule has 2 heterocycles. The van der Waals surface area contributed by atoms with E-state index in [2.05, 4.69) is 32.1 Å². The third kappa shape index (κ3) is 4.09. The molecule has 0 bridgehead atoms. The standard InChI is InChI=1S/C15H19N5O2S2/c1-22-12-4-2-11(3-5-12)19-6-8-20(9-7-19)14-17-18-15(24-14)23-10-13(16)21/h2-5H,6-10H2,1H3,(H2,16,21). The van der Waals surface area contributed by atoms with Crippen molar-refractivity contribution in [3.63, 3.8) is 0 Å². The molecule has 24 heavy (non-hydrogen) atoms. The molecular weight excluding hydrogens is 346 g/mol. The van der Waals surface area contributed by atoms with Crippen molar-refractivity contribution in [1.82, 2.24) is 10.2 Å². The fourth-order valence-electron chi connectivity index (χ4n) is 2.47. The zero-order valence-corrected chi connectivity index (χ0v) is 15.0. The molecule has 3 rings (SSSR count). The molecule has 1 aromatic carbocycles. The van der Waals surface area contributed by atoms with Gasteiger partial charge in [0.1, 0.15) is 5.75 Å². The van der Waals surface area contributed by atoms with Gasteiger partial charge >= 0.3 is 0 Å². The topological polar surface area (TPSA) is 84.6 Å². The fourth-order valence-corrected chi connectivity index (χ4v) is 4.10. The molecule has 1 aromatic heterocycles. The Morgan fingerprint density at radius 2 is 1.88 bits per heavy atom. The van der Waals surface area contributed by atoms with Crippen LogP contribution >= 0.6 is 23.1 Å². The number of anilines is 2. The van der Waals surface area contributed by atoms with Crippen molar-refractivity contribution in [2.45, 2.75) is 4.34 Å². The first-order valence-electron chi connectivity index (χ1n) is 7.54. The number of rotatable bonds is 6. The summed E-state index contributed by atoms with van der Waals surface area (Å²) in [5, 5.41) is 9.24. The van der Waals surface area contributed by atoms with Gasteiger partial charge in [-0.25, -0.2) is 0 Å². The number of hydrogen-bond acceptors (Lipinski definition) is 8. The first kappa shape index (κ1) is 16.8. The highest BCUT2D eigenvalue weighted by molar-refractivity contribution is 8.01. The van der Waals surface area contributed by atoms with Gasteiger partial charge in [0.15, 0.2) is 4.34 Å². The molecule has 2 N–H and O–H groups in total. The molecule has 1 amide bonds. The molecule has 2 aromatic rings. The number of hydrogen-bond donors (Lipinski definition) is 1. The number of carbonyl (C=O) groups excluding carboxylic acids is 1. The van der Waals surface area contributed by atoms with E-state index in [0.717, 1.165) is 41.4 Å². The maximum absolute atomic E-state index is 10.8. The summed E-state index contributed by atoms with van der Waals surface area (Å²) in [7, 11) is 1.67. The van der Waals surface area contributed by atoms with Crippen LogP contribution in [0.1, 0.15) is 0 Å². The van der Waals surface area contributed by atoms with Crippen LogP contribution < -0.4 is 20.3 Å². The van der Waals surface area contributed by atoms with E-state index in [4.69, 9.17) is 10.5 Å². The van der Waals surface area contributed by atoms with Gasteiger partial charge in [0.2, 0.25) is 11.0 Å². The summed E-state index contributed by atoms with van der Waals surface area (Å²) in [4.78, 5) is 15.4. The van der Waals surface area contributed by atoms with E-state index < -0.39 is 0 Å². The highest BCUT2D eigenvalue weighted by Gasteiger charge is 2.20. The van der Waals surface area contributed by atoms with Gasteiger partial charge in [-0.05, 0) is 24.3 Å². The Labute approximate surface area is 148 Å². The van der Waals surface area contributed by atoms with Crippen LogP contribution in [-0.2, 0) is 4.79 Å². The van der Waals surface area contributed by atoms with E-state index in [-0.39, 0.29) is 11.7 Å². The molecule has 1 saturated heterocycles. The number of amides is 1. The van der Waals surface area contributed by atoms with E-state index in [1.807, 2.05) is 12.1 Å². The minimum Gasteiger partial charge on any atom is -0.497 e. The molecule has 0 saturated carbocycles. The lowest BCUT2D eigenvalue weighted by Crippen LogP contribution is -2.46. The molecule has 1 aliphatic rings. The maximum Gasteiger partial charge on any atom is 0.227 e. The summed E-state index contributed by atoms with van der Waals surface area (Å²) in [5.74, 6) is 0.761. The number of carbonyl (C=O) groups is 1. The highest BCUT2D eigenvalue weighted by Crippen LogP contribution is 2.29. The minimum atomic E-state index is -0.343. The van der Waals surface area contributed by atoms with Gasteiger partial charge in [-0.3, -0.25) is 4.79 Å². The Hall–Kier alpha value is -2.00. The molecule has 0 spiro atoms. The van der Waals surface area contributed by atoms with Gasteiger partial charge in [0.25, 0.3) is 0 Å². The van der Waals surface area contributed by atoms with Gasteiger partial charge in [-0.2, -0.15) is 0 Å². The lowest BCUT2D eigenvalue weighted by Gasteiger charge is -2.35. The Morgan fingerprint density at radius 3 is 2.50 bits per heavy atom. The van der Waals surface area contributed by atoms with Crippen molar-refractivity contribution in [2.75, 3.05) is 48.8 Å².